The van der Waals surface area contributed by atoms with E-state index in [2.05, 4.69) is 5.32 Å². The molecule has 0 saturated heterocycles. The number of hydrogen-bond donors (Lipinski definition) is 2. The smallest absolute Gasteiger partial charge is 0.251 e. The summed E-state index contributed by atoms with van der Waals surface area (Å²) < 4.78 is 12.2. The van der Waals surface area contributed by atoms with Gasteiger partial charge in [0.1, 0.15) is 6.04 Å². The molecule has 120 valence electrons. The molecule has 0 aliphatic rings. The first kappa shape index (κ1) is 16.9. The maximum absolute atomic E-state index is 12.2. The Labute approximate surface area is 137 Å². The molecule has 5 nitrogen and oxygen atoms in total. The zero-order chi connectivity index (χ0) is 16.7. The molecule has 0 saturated carbocycles. The molecule has 6 heteroatoms. The molecule has 2 aromatic rings. The van der Waals surface area contributed by atoms with Gasteiger partial charge in [0.15, 0.2) is 0 Å². The lowest BCUT2D eigenvalue weighted by Gasteiger charge is -2.15. The number of benzene rings is 2. The normalized spacial score (nSPS) is 13.0. The SMILES string of the molecule is NC(=O)[C@@H](CC[S@](=O)c1ccccc1)NC(=O)c1ccccc1. The monoisotopic (exact) mass is 330 g/mol. The van der Waals surface area contributed by atoms with Crippen LogP contribution in [0.1, 0.15) is 16.8 Å². The van der Waals surface area contributed by atoms with Gasteiger partial charge in [0, 0.05) is 16.2 Å². The standard InChI is InChI=1S/C17H18N2O3S/c18-16(20)15(19-17(21)13-7-3-1-4-8-13)11-12-23(22)14-9-5-2-6-10-14/h1-10,15H,11-12H2,(H2,18,20)(H,19,21)/t15-,23+/m1/s1. The highest BCUT2D eigenvalue weighted by atomic mass is 32.2. The molecule has 0 aliphatic carbocycles. The van der Waals surface area contributed by atoms with E-state index in [1.165, 1.54) is 0 Å². The van der Waals surface area contributed by atoms with Gasteiger partial charge in [-0.3, -0.25) is 13.8 Å². The van der Waals surface area contributed by atoms with Crippen LogP contribution in [0.5, 0.6) is 0 Å². The maximum Gasteiger partial charge on any atom is 0.251 e. The lowest BCUT2D eigenvalue weighted by Crippen LogP contribution is -2.45. The van der Waals surface area contributed by atoms with Crippen molar-refractivity contribution < 1.29 is 13.8 Å². The summed E-state index contributed by atoms with van der Waals surface area (Å²) in [7, 11) is -1.24. The van der Waals surface area contributed by atoms with Crippen LogP contribution in [-0.4, -0.2) is 27.8 Å². The van der Waals surface area contributed by atoms with Crippen molar-refractivity contribution >= 4 is 22.6 Å². The van der Waals surface area contributed by atoms with E-state index in [0.29, 0.717) is 10.5 Å². The first-order chi connectivity index (χ1) is 11.1. The van der Waals surface area contributed by atoms with Gasteiger partial charge < -0.3 is 11.1 Å². The molecule has 0 aromatic heterocycles. The number of carbonyl (C=O) groups is 2. The minimum Gasteiger partial charge on any atom is -0.368 e. The first-order valence-electron chi connectivity index (χ1n) is 7.16. The quantitative estimate of drug-likeness (QED) is 0.805. The van der Waals surface area contributed by atoms with Crippen molar-refractivity contribution in [1.29, 1.82) is 0 Å². The van der Waals surface area contributed by atoms with E-state index in [-0.39, 0.29) is 18.1 Å². The molecule has 0 aliphatic heterocycles. The van der Waals surface area contributed by atoms with E-state index >= 15 is 0 Å². The summed E-state index contributed by atoms with van der Waals surface area (Å²) in [5.74, 6) is -0.772. The first-order valence-corrected chi connectivity index (χ1v) is 8.48. The number of hydrogen-bond acceptors (Lipinski definition) is 3. The number of nitrogens with one attached hydrogen (secondary N) is 1. The molecule has 23 heavy (non-hydrogen) atoms. The Morgan fingerprint density at radius 2 is 1.57 bits per heavy atom. The van der Waals surface area contributed by atoms with Crippen LogP contribution in [0.25, 0.3) is 0 Å². The summed E-state index contributed by atoms with van der Waals surface area (Å²) in [6, 6.07) is 16.7. The van der Waals surface area contributed by atoms with Crippen molar-refractivity contribution in [2.24, 2.45) is 5.73 Å². The molecule has 0 heterocycles. The Morgan fingerprint density at radius 3 is 2.13 bits per heavy atom. The molecule has 0 bridgehead atoms. The Kier molecular flexibility index (Phi) is 6.05. The number of amides is 2. The summed E-state index contributed by atoms with van der Waals surface area (Å²) in [6.07, 6.45) is 0.218. The average molecular weight is 330 g/mol. The lowest BCUT2D eigenvalue weighted by molar-refractivity contribution is -0.119. The molecule has 2 atom stereocenters. The van der Waals surface area contributed by atoms with E-state index in [4.69, 9.17) is 5.73 Å². The molecule has 2 amide bonds. The van der Waals surface area contributed by atoms with Gasteiger partial charge in [-0.15, -0.1) is 0 Å². The van der Waals surface area contributed by atoms with Crippen LogP contribution in [-0.2, 0) is 15.6 Å². The van der Waals surface area contributed by atoms with Gasteiger partial charge >= 0.3 is 0 Å². The second-order valence-corrected chi connectivity index (χ2v) is 6.52. The van der Waals surface area contributed by atoms with Crippen molar-refractivity contribution in [1.82, 2.24) is 5.32 Å². The predicted molar refractivity (Wildman–Crippen MR) is 89.2 cm³/mol. The van der Waals surface area contributed by atoms with E-state index in [1.807, 2.05) is 6.07 Å². The van der Waals surface area contributed by atoms with Gasteiger partial charge in [0.05, 0.1) is 10.8 Å². The highest BCUT2D eigenvalue weighted by molar-refractivity contribution is 7.85. The molecule has 0 spiro atoms. The van der Waals surface area contributed by atoms with Crippen LogP contribution < -0.4 is 11.1 Å². The molecular formula is C17H18N2O3S. The highest BCUT2D eigenvalue weighted by Crippen LogP contribution is 2.08. The maximum atomic E-state index is 12.2. The van der Waals surface area contributed by atoms with Gasteiger partial charge in [-0.2, -0.15) is 0 Å². The lowest BCUT2D eigenvalue weighted by atomic mass is 10.1. The predicted octanol–water partition coefficient (Wildman–Crippen LogP) is 1.47. The number of primary amides is 1. The molecular weight excluding hydrogens is 312 g/mol. The fourth-order valence-corrected chi connectivity index (χ4v) is 3.18. The topological polar surface area (TPSA) is 89.3 Å². The van der Waals surface area contributed by atoms with Crippen molar-refractivity contribution in [2.45, 2.75) is 17.4 Å². The molecule has 2 rings (SSSR count). The van der Waals surface area contributed by atoms with Crippen LogP contribution in [0, 0.1) is 0 Å². The second-order valence-electron chi connectivity index (χ2n) is 4.95. The Morgan fingerprint density at radius 1 is 1.00 bits per heavy atom. The molecule has 0 unspecified atom stereocenters. The molecule has 0 radical (unpaired) electrons. The largest absolute Gasteiger partial charge is 0.368 e. The summed E-state index contributed by atoms with van der Waals surface area (Å²) in [5.41, 5.74) is 5.78. The molecule has 2 aromatic carbocycles. The Bertz CT molecular complexity index is 689. The van der Waals surface area contributed by atoms with Crippen molar-refractivity contribution in [3.63, 3.8) is 0 Å². The molecule has 3 N–H and O–H groups in total. The minimum atomic E-state index is -1.24. The van der Waals surface area contributed by atoms with Crippen LogP contribution in [0.4, 0.5) is 0 Å². The highest BCUT2D eigenvalue weighted by Gasteiger charge is 2.20. The third-order valence-corrected chi connectivity index (χ3v) is 4.69. The minimum absolute atomic E-state index is 0.218. The van der Waals surface area contributed by atoms with E-state index < -0.39 is 22.7 Å². The van der Waals surface area contributed by atoms with E-state index in [9.17, 15) is 13.8 Å². The average Bonchev–Trinajstić information content (AvgIpc) is 2.59. The van der Waals surface area contributed by atoms with Crippen molar-refractivity contribution in [3.05, 3.63) is 66.2 Å². The number of rotatable bonds is 7. The van der Waals surface area contributed by atoms with Gasteiger partial charge in [-0.1, -0.05) is 36.4 Å². The summed E-state index contributed by atoms with van der Waals surface area (Å²) in [6.45, 7) is 0. The van der Waals surface area contributed by atoms with Crippen molar-refractivity contribution in [3.8, 4) is 0 Å². The van der Waals surface area contributed by atoms with Gasteiger partial charge in [0.2, 0.25) is 5.91 Å². The van der Waals surface area contributed by atoms with Gasteiger partial charge in [0.25, 0.3) is 5.91 Å². The summed E-state index contributed by atoms with van der Waals surface area (Å²) >= 11 is 0. The van der Waals surface area contributed by atoms with Gasteiger partial charge in [-0.05, 0) is 30.7 Å². The molecule has 0 fully saturated rings. The zero-order valence-electron chi connectivity index (χ0n) is 12.5. The number of carbonyl (C=O) groups excluding carboxylic acids is 2. The van der Waals surface area contributed by atoms with Crippen LogP contribution in [0.15, 0.2) is 65.6 Å². The zero-order valence-corrected chi connectivity index (χ0v) is 13.3. The fraction of sp³-hybridized carbons (Fsp3) is 0.176. The Hall–Kier alpha value is -2.47. The van der Waals surface area contributed by atoms with Crippen LogP contribution in [0.2, 0.25) is 0 Å². The Balaban J connectivity index is 1.96. The van der Waals surface area contributed by atoms with E-state index in [0.717, 1.165) is 0 Å². The third-order valence-electron chi connectivity index (χ3n) is 3.28. The second kappa shape index (κ2) is 8.24. The van der Waals surface area contributed by atoms with Crippen molar-refractivity contribution in [2.75, 3.05) is 5.75 Å². The van der Waals surface area contributed by atoms with Crippen LogP contribution in [0.3, 0.4) is 0 Å². The van der Waals surface area contributed by atoms with Gasteiger partial charge in [-0.25, -0.2) is 0 Å². The summed E-state index contributed by atoms with van der Waals surface area (Å²) in [4.78, 5) is 24.3. The van der Waals surface area contributed by atoms with Crippen LogP contribution >= 0.6 is 0 Å². The fourth-order valence-electron chi connectivity index (χ4n) is 2.03. The van der Waals surface area contributed by atoms with E-state index in [1.54, 1.807) is 54.6 Å². The number of nitrogens with two attached hydrogens (primary N) is 1. The third kappa shape index (κ3) is 5.03. The summed E-state index contributed by atoms with van der Waals surface area (Å²) in [5, 5.41) is 2.59.